The Morgan fingerprint density at radius 1 is 1.25 bits per heavy atom. The molecule has 0 bridgehead atoms. The maximum atomic E-state index is 12.4. The highest BCUT2D eigenvalue weighted by Crippen LogP contribution is 2.33. The quantitative estimate of drug-likeness (QED) is 0.754. The Hall–Kier alpha value is -0.610. The Kier molecular flexibility index (Phi) is 4.61. The summed E-state index contributed by atoms with van der Waals surface area (Å²) in [6.45, 7) is 2.28. The van der Waals surface area contributed by atoms with Crippen LogP contribution in [0.5, 0.6) is 0 Å². The van der Waals surface area contributed by atoms with Crippen LogP contribution in [-0.4, -0.2) is 49.7 Å². The van der Waals surface area contributed by atoms with Gasteiger partial charge in [-0.25, -0.2) is 0 Å². The standard InChI is InChI=1S/C16H28N2O2/c1-18(8-9-20-11-12-6-7-12)16(19)15-10-13-4-2-3-5-14(13)17-15/h12-15,17H,2-11H2,1H3. The average Bonchev–Trinajstić information content (AvgIpc) is 3.18. The smallest absolute Gasteiger partial charge is 0.239 e. The van der Waals surface area contributed by atoms with E-state index in [-0.39, 0.29) is 11.9 Å². The number of nitrogens with zero attached hydrogens (tertiary/aromatic N) is 1. The summed E-state index contributed by atoms with van der Waals surface area (Å²) in [5.74, 6) is 1.79. The van der Waals surface area contributed by atoms with Crippen molar-refractivity contribution in [3.05, 3.63) is 0 Å². The molecule has 1 N–H and O–H groups in total. The lowest BCUT2D eigenvalue weighted by Crippen LogP contribution is -2.44. The summed E-state index contributed by atoms with van der Waals surface area (Å²) in [7, 11) is 1.91. The van der Waals surface area contributed by atoms with Gasteiger partial charge < -0.3 is 15.0 Å². The van der Waals surface area contributed by atoms with E-state index >= 15 is 0 Å². The topological polar surface area (TPSA) is 41.6 Å². The number of hydrogen-bond donors (Lipinski definition) is 1. The predicted octanol–water partition coefficient (Wildman–Crippen LogP) is 1.79. The minimum absolute atomic E-state index is 0.0523. The van der Waals surface area contributed by atoms with Gasteiger partial charge in [-0.2, -0.15) is 0 Å². The summed E-state index contributed by atoms with van der Waals surface area (Å²) in [5, 5.41) is 3.56. The molecule has 3 unspecified atom stereocenters. The molecule has 20 heavy (non-hydrogen) atoms. The molecule has 1 aliphatic heterocycles. The van der Waals surface area contributed by atoms with Gasteiger partial charge in [0.1, 0.15) is 0 Å². The molecule has 0 aromatic carbocycles. The van der Waals surface area contributed by atoms with Crippen molar-refractivity contribution in [1.82, 2.24) is 10.2 Å². The van der Waals surface area contributed by atoms with Crippen molar-refractivity contribution in [2.45, 2.75) is 57.0 Å². The van der Waals surface area contributed by atoms with Crippen LogP contribution in [0.1, 0.15) is 44.9 Å². The number of carbonyl (C=O) groups is 1. The highest BCUT2D eigenvalue weighted by molar-refractivity contribution is 5.82. The number of likely N-dealkylation sites (N-methyl/N-ethyl adjacent to an activating group) is 1. The summed E-state index contributed by atoms with van der Waals surface area (Å²) in [6, 6.07) is 0.647. The fraction of sp³-hybridized carbons (Fsp3) is 0.938. The third-order valence-electron chi connectivity index (χ3n) is 5.16. The van der Waals surface area contributed by atoms with E-state index in [1.807, 2.05) is 11.9 Å². The lowest BCUT2D eigenvalue weighted by molar-refractivity contribution is -0.132. The number of fused-ring (bicyclic) bond motifs is 1. The summed E-state index contributed by atoms with van der Waals surface area (Å²) in [6.07, 6.45) is 8.90. The molecule has 3 rings (SSSR count). The largest absolute Gasteiger partial charge is 0.379 e. The van der Waals surface area contributed by atoms with Crippen molar-refractivity contribution in [3.8, 4) is 0 Å². The third-order valence-corrected chi connectivity index (χ3v) is 5.16. The number of hydrogen-bond acceptors (Lipinski definition) is 3. The lowest BCUT2D eigenvalue weighted by atomic mass is 9.85. The second kappa shape index (κ2) is 6.44. The molecule has 114 valence electrons. The molecule has 3 aliphatic rings. The number of rotatable bonds is 6. The van der Waals surface area contributed by atoms with Crippen molar-refractivity contribution in [3.63, 3.8) is 0 Å². The summed E-state index contributed by atoms with van der Waals surface area (Å²) in [4.78, 5) is 14.3. The molecule has 1 amide bonds. The Morgan fingerprint density at radius 3 is 2.80 bits per heavy atom. The Labute approximate surface area is 122 Å². The van der Waals surface area contributed by atoms with Crippen LogP contribution in [0.3, 0.4) is 0 Å². The van der Waals surface area contributed by atoms with Crippen molar-refractivity contribution < 1.29 is 9.53 Å². The second-order valence-electron chi connectivity index (χ2n) is 6.88. The molecular formula is C16H28N2O2. The first-order valence-electron chi connectivity index (χ1n) is 8.33. The molecule has 2 saturated carbocycles. The Morgan fingerprint density at radius 2 is 2.05 bits per heavy atom. The molecule has 2 aliphatic carbocycles. The van der Waals surface area contributed by atoms with Crippen LogP contribution in [0.15, 0.2) is 0 Å². The van der Waals surface area contributed by atoms with E-state index in [2.05, 4.69) is 5.32 Å². The van der Waals surface area contributed by atoms with Gasteiger partial charge in [0.2, 0.25) is 5.91 Å². The zero-order valence-electron chi connectivity index (χ0n) is 12.6. The molecule has 0 spiro atoms. The summed E-state index contributed by atoms with van der Waals surface area (Å²) in [5.41, 5.74) is 0. The molecule has 0 radical (unpaired) electrons. The first-order chi connectivity index (χ1) is 9.74. The molecule has 4 heteroatoms. The normalized spacial score (nSPS) is 33.0. The van der Waals surface area contributed by atoms with Gasteiger partial charge in [0.25, 0.3) is 0 Å². The highest BCUT2D eigenvalue weighted by Gasteiger charge is 2.39. The molecule has 1 heterocycles. The molecule has 1 saturated heterocycles. The van der Waals surface area contributed by atoms with Crippen molar-refractivity contribution >= 4 is 5.91 Å². The Bertz CT molecular complexity index is 329. The molecule has 4 nitrogen and oxygen atoms in total. The average molecular weight is 280 g/mol. The predicted molar refractivity (Wildman–Crippen MR) is 78.5 cm³/mol. The van der Waals surface area contributed by atoms with E-state index in [4.69, 9.17) is 4.74 Å². The van der Waals surface area contributed by atoms with Gasteiger partial charge in [0.15, 0.2) is 0 Å². The van der Waals surface area contributed by atoms with E-state index in [1.54, 1.807) is 0 Å². The van der Waals surface area contributed by atoms with Crippen LogP contribution in [0.25, 0.3) is 0 Å². The van der Waals surface area contributed by atoms with Crippen LogP contribution in [0.4, 0.5) is 0 Å². The van der Waals surface area contributed by atoms with Gasteiger partial charge in [-0.05, 0) is 43.9 Å². The van der Waals surface area contributed by atoms with Crippen LogP contribution in [0.2, 0.25) is 0 Å². The van der Waals surface area contributed by atoms with Gasteiger partial charge >= 0.3 is 0 Å². The summed E-state index contributed by atoms with van der Waals surface area (Å²) < 4.78 is 5.62. The number of nitrogens with one attached hydrogen (secondary N) is 1. The van der Waals surface area contributed by atoms with Crippen molar-refractivity contribution in [2.75, 3.05) is 26.8 Å². The van der Waals surface area contributed by atoms with Crippen LogP contribution >= 0.6 is 0 Å². The van der Waals surface area contributed by atoms with Crippen molar-refractivity contribution in [2.24, 2.45) is 11.8 Å². The number of amides is 1. The molecule has 3 fully saturated rings. The minimum Gasteiger partial charge on any atom is -0.379 e. The zero-order chi connectivity index (χ0) is 13.9. The molecule has 0 aromatic rings. The molecular weight excluding hydrogens is 252 g/mol. The zero-order valence-corrected chi connectivity index (χ0v) is 12.6. The maximum Gasteiger partial charge on any atom is 0.239 e. The number of ether oxygens (including phenoxy) is 1. The fourth-order valence-corrected chi connectivity index (χ4v) is 3.62. The van der Waals surface area contributed by atoms with Crippen LogP contribution in [0, 0.1) is 11.8 Å². The van der Waals surface area contributed by atoms with E-state index in [9.17, 15) is 4.79 Å². The first-order valence-corrected chi connectivity index (χ1v) is 8.33. The van der Waals surface area contributed by atoms with E-state index in [0.717, 1.165) is 31.4 Å². The molecule has 3 atom stereocenters. The fourth-order valence-electron chi connectivity index (χ4n) is 3.62. The SMILES string of the molecule is CN(CCOCC1CC1)C(=O)C1CC2CCCCC2N1. The third kappa shape index (κ3) is 3.53. The molecule has 0 aromatic heterocycles. The lowest BCUT2D eigenvalue weighted by Gasteiger charge is -2.24. The maximum absolute atomic E-state index is 12.4. The van der Waals surface area contributed by atoms with Gasteiger partial charge in [-0.1, -0.05) is 12.8 Å². The van der Waals surface area contributed by atoms with E-state index < -0.39 is 0 Å². The second-order valence-corrected chi connectivity index (χ2v) is 6.88. The van der Waals surface area contributed by atoms with Gasteiger partial charge in [-0.15, -0.1) is 0 Å². The summed E-state index contributed by atoms with van der Waals surface area (Å²) >= 11 is 0. The van der Waals surface area contributed by atoms with E-state index in [1.165, 1.54) is 38.5 Å². The Balaban J connectivity index is 1.38. The van der Waals surface area contributed by atoms with Gasteiger partial charge in [-0.3, -0.25) is 4.79 Å². The van der Waals surface area contributed by atoms with Gasteiger partial charge in [0.05, 0.1) is 12.6 Å². The monoisotopic (exact) mass is 280 g/mol. The highest BCUT2D eigenvalue weighted by atomic mass is 16.5. The van der Waals surface area contributed by atoms with Crippen molar-refractivity contribution in [1.29, 1.82) is 0 Å². The first kappa shape index (κ1) is 14.3. The van der Waals surface area contributed by atoms with E-state index in [0.29, 0.717) is 12.6 Å². The van der Waals surface area contributed by atoms with Gasteiger partial charge in [0, 0.05) is 26.2 Å². The van der Waals surface area contributed by atoms with Crippen LogP contribution < -0.4 is 5.32 Å². The number of carbonyl (C=O) groups excluding carboxylic acids is 1. The minimum atomic E-state index is 0.0523. The van der Waals surface area contributed by atoms with Crippen LogP contribution in [-0.2, 0) is 9.53 Å².